The van der Waals surface area contributed by atoms with Crippen molar-refractivity contribution < 1.29 is 14.3 Å². The molecule has 0 aliphatic carbocycles. The number of amides is 1. The molecule has 0 radical (unpaired) electrons. The monoisotopic (exact) mass is 392 g/mol. The van der Waals surface area contributed by atoms with Crippen molar-refractivity contribution in [3.63, 3.8) is 0 Å². The number of piperidine rings is 2. The van der Waals surface area contributed by atoms with Crippen molar-refractivity contribution in [1.29, 1.82) is 0 Å². The number of hydrogen-bond donors (Lipinski definition) is 0. The average Bonchev–Trinajstić information content (AvgIpc) is 2.70. The summed E-state index contributed by atoms with van der Waals surface area (Å²) in [7, 11) is 0. The molecule has 1 aromatic carbocycles. The smallest absolute Gasteiger partial charge is 0.410 e. The van der Waals surface area contributed by atoms with E-state index in [4.69, 9.17) is 4.74 Å². The standard InChI is InChI=1S/C24H28N2O3/c1-16-11-19(12-17(2)25-16)23(27)20-13-21-9-6-10-22(14-20)26(21)24(28)29-15-18-7-4-3-5-8-18/h3-5,7-8,11-12,20-22H,6,9-10,13-15H2,1-2H3. The number of carbonyl (C=O) groups is 2. The van der Waals surface area contributed by atoms with E-state index in [9.17, 15) is 9.59 Å². The molecule has 4 rings (SSSR count). The lowest BCUT2D eigenvalue weighted by molar-refractivity contribution is 0.00472. The molecule has 0 spiro atoms. The highest BCUT2D eigenvalue weighted by atomic mass is 16.6. The maximum atomic E-state index is 13.2. The van der Waals surface area contributed by atoms with Crippen molar-refractivity contribution >= 4 is 11.9 Å². The number of nitrogens with zero attached hydrogens (tertiary/aromatic N) is 2. The van der Waals surface area contributed by atoms with Gasteiger partial charge in [-0.1, -0.05) is 30.3 Å². The summed E-state index contributed by atoms with van der Waals surface area (Å²) in [4.78, 5) is 32.3. The first kappa shape index (κ1) is 19.6. The number of ketones is 1. The molecule has 2 aliphatic rings. The fourth-order valence-electron chi connectivity index (χ4n) is 4.90. The summed E-state index contributed by atoms with van der Waals surface area (Å²) in [6.07, 6.45) is 4.17. The maximum Gasteiger partial charge on any atom is 0.410 e. The number of pyridine rings is 1. The van der Waals surface area contributed by atoms with Crippen LogP contribution in [0.15, 0.2) is 42.5 Å². The summed E-state index contributed by atoms with van der Waals surface area (Å²) < 4.78 is 5.61. The number of aromatic nitrogens is 1. The van der Waals surface area contributed by atoms with E-state index >= 15 is 0 Å². The third-order valence-electron chi connectivity index (χ3n) is 6.13. The summed E-state index contributed by atoms with van der Waals surface area (Å²) in [5.74, 6) is 0.150. The van der Waals surface area contributed by atoms with Gasteiger partial charge in [-0.05, 0) is 63.6 Å². The summed E-state index contributed by atoms with van der Waals surface area (Å²) in [6, 6.07) is 13.7. The topological polar surface area (TPSA) is 59.5 Å². The third kappa shape index (κ3) is 4.34. The van der Waals surface area contributed by atoms with Crippen LogP contribution in [0.2, 0.25) is 0 Å². The van der Waals surface area contributed by atoms with Crippen LogP contribution in [0.1, 0.15) is 59.4 Å². The van der Waals surface area contributed by atoms with Crippen LogP contribution in [0.4, 0.5) is 4.79 Å². The summed E-state index contributed by atoms with van der Waals surface area (Å²) >= 11 is 0. The Morgan fingerprint density at radius 3 is 2.28 bits per heavy atom. The maximum absolute atomic E-state index is 13.2. The Morgan fingerprint density at radius 1 is 1.03 bits per heavy atom. The van der Waals surface area contributed by atoms with Crippen LogP contribution >= 0.6 is 0 Å². The molecule has 0 N–H and O–H groups in total. The molecule has 2 saturated heterocycles. The van der Waals surface area contributed by atoms with E-state index < -0.39 is 0 Å². The Hall–Kier alpha value is -2.69. The van der Waals surface area contributed by atoms with Crippen LogP contribution in [0.3, 0.4) is 0 Å². The van der Waals surface area contributed by atoms with Gasteiger partial charge in [-0.15, -0.1) is 0 Å². The number of aryl methyl sites for hydroxylation is 2. The Balaban J connectivity index is 1.44. The van der Waals surface area contributed by atoms with Gasteiger partial charge in [0.05, 0.1) is 0 Å². The molecule has 29 heavy (non-hydrogen) atoms. The van der Waals surface area contributed by atoms with Crippen molar-refractivity contribution in [2.24, 2.45) is 5.92 Å². The van der Waals surface area contributed by atoms with Crippen molar-refractivity contribution in [2.45, 2.75) is 64.6 Å². The van der Waals surface area contributed by atoms with Crippen LogP contribution in [0.25, 0.3) is 0 Å². The Kier molecular flexibility index (Phi) is 5.65. The minimum Gasteiger partial charge on any atom is -0.445 e. The van der Waals surface area contributed by atoms with Gasteiger partial charge in [0.15, 0.2) is 5.78 Å². The molecule has 3 heterocycles. The lowest BCUT2D eigenvalue weighted by Crippen LogP contribution is -2.55. The van der Waals surface area contributed by atoms with E-state index in [0.29, 0.717) is 0 Å². The van der Waals surface area contributed by atoms with Crippen molar-refractivity contribution in [3.8, 4) is 0 Å². The second kappa shape index (κ2) is 8.36. The predicted molar refractivity (Wildman–Crippen MR) is 111 cm³/mol. The van der Waals surface area contributed by atoms with E-state index in [1.165, 1.54) is 0 Å². The normalized spacial score (nSPS) is 23.5. The molecule has 2 fully saturated rings. The molecule has 5 nitrogen and oxygen atoms in total. The first-order valence-corrected chi connectivity index (χ1v) is 10.5. The minimum absolute atomic E-state index is 0.0373. The highest BCUT2D eigenvalue weighted by Gasteiger charge is 2.43. The first-order chi connectivity index (χ1) is 14.0. The van der Waals surface area contributed by atoms with Gasteiger partial charge in [0.25, 0.3) is 0 Å². The number of hydrogen-bond acceptors (Lipinski definition) is 4. The van der Waals surface area contributed by atoms with Crippen LogP contribution in [-0.4, -0.2) is 33.8 Å². The summed E-state index contributed by atoms with van der Waals surface area (Å²) in [6.45, 7) is 4.13. The van der Waals surface area contributed by atoms with Crippen LogP contribution < -0.4 is 0 Å². The predicted octanol–water partition coefficient (Wildman–Crippen LogP) is 4.85. The largest absolute Gasteiger partial charge is 0.445 e. The highest BCUT2D eigenvalue weighted by Crippen LogP contribution is 2.38. The van der Waals surface area contributed by atoms with E-state index in [0.717, 1.165) is 54.6 Å². The molecule has 2 bridgehead atoms. The molecular formula is C24H28N2O3. The van der Waals surface area contributed by atoms with E-state index in [1.807, 2.05) is 61.2 Å². The van der Waals surface area contributed by atoms with Gasteiger partial charge in [-0.2, -0.15) is 0 Å². The third-order valence-corrected chi connectivity index (χ3v) is 6.13. The molecular weight excluding hydrogens is 364 g/mol. The molecule has 2 unspecified atom stereocenters. The van der Waals surface area contributed by atoms with Gasteiger partial charge in [0.1, 0.15) is 6.61 Å². The number of carbonyl (C=O) groups excluding carboxylic acids is 2. The number of Topliss-reactive ketones (excluding diaryl/α,β-unsaturated/α-hetero) is 1. The van der Waals surface area contributed by atoms with Gasteiger partial charge < -0.3 is 9.64 Å². The van der Waals surface area contributed by atoms with E-state index in [2.05, 4.69) is 4.98 Å². The number of rotatable bonds is 4. The number of ether oxygens (including phenoxy) is 1. The van der Waals surface area contributed by atoms with E-state index in [-0.39, 0.29) is 36.5 Å². The summed E-state index contributed by atoms with van der Waals surface area (Å²) in [5, 5.41) is 0. The Labute approximate surface area is 172 Å². The molecule has 0 saturated carbocycles. The number of fused-ring (bicyclic) bond motifs is 2. The zero-order valence-corrected chi connectivity index (χ0v) is 17.1. The Bertz CT molecular complexity index is 862. The fourth-order valence-corrected chi connectivity index (χ4v) is 4.90. The molecule has 1 amide bonds. The average molecular weight is 392 g/mol. The van der Waals surface area contributed by atoms with Crippen LogP contribution in [0.5, 0.6) is 0 Å². The first-order valence-electron chi connectivity index (χ1n) is 10.5. The molecule has 2 aliphatic heterocycles. The summed E-state index contributed by atoms with van der Waals surface area (Å²) in [5.41, 5.74) is 3.48. The quantitative estimate of drug-likeness (QED) is 0.698. The molecule has 2 aromatic rings. The van der Waals surface area contributed by atoms with Crippen molar-refractivity contribution in [3.05, 3.63) is 65.0 Å². The van der Waals surface area contributed by atoms with Gasteiger partial charge in [0, 0.05) is 35.0 Å². The fraction of sp³-hybridized carbons (Fsp3) is 0.458. The molecule has 5 heteroatoms. The van der Waals surface area contributed by atoms with Crippen LogP contribution in [-0.2, 0) is 11.3 Å². The Morgan fingerprint density at radius 2 is 1.66 bits per heavy atom. The minimum atomic E-state index is -0.245. The van der Waals surface area contributed by atoms with Crippen molar-refractivity contribution in [1.82, 2.24) is 9.88 Å². The second-order valence-electron chi connectivity index (χ2n) is 8.36. The van der Waals surface area contributed by atoms with Crippen LogP contribution in [0, 0.1) is 19.8 Å². The van der Waals surface area contributed by atoms with Gasteiger partial charge in [-0.25, -0.2) is 4.79 Å². The zero-order chi connectivity index (χ0) is 20.4. The zero-order valence-electron chi connectivity index (χ0n) is 17.1. The second-order valence-corrected chi connectivity index (χ2v) is 8.36. The number of benzene rings is 1. The lowest BCUT2D eigenvalue weighted by atomic mass is 9.76. The highest BCUT2D eigenvalue weighted by molar-refractivity contribution is 5.98. The molecule has 2 atom stereocenters. The molecule has 1 aromatic heterocycles. The van der Waals surface area contributed by atoms with Gasteiger partial charge in [-0.3, -0.25) is 9.78 Å². The molecule has 152 valence electrons. The SMILES string of the molecule is Cc1cc(C(=O)C2CC3CCCC(C2)N3C(=O)OCc2ccccc2)cc(C)n1. The van der Waals surface area contributed by atoms with E-state index in [1.54, 1.807) is 0 Å². The van der Waals surface area contributed by atoms with Crippen molar-refractivity contribution in [2.75, 3.05) is 0 Å². The van der Waals surface area contributed by atoms with Gasteiger partial charge >= 0.3 is 6.09 Å². The van der Waals surface area contributed by atoms with Gasteiger partial charge in [0.2, 0.25) is 0 Å². The lowest BCUT2D eigenvalue weighted by Gasteiger charge is -2.47.